The zero-order valence-electron chi connectivity index (χ0n) is 23.8. The Hall–Kier alpha value is -0.436. The summed E-state index contributed by atoms with van der Waals surface area (Å²) < 4.78 is 1.85. The van der Waals surface area contributed by atoms with Crippen molar-refractivity contribution in [2.24, 2.45) is 0 Å². The minimum atomic E-state index is -2.31. The fraction of sp³-hybridized carbons (Fsp3) is 0.697. The van der Waals surface area contributed by atoms with E-state index in [4.69, 9.17) is 0 Å². The first kappa shape index (κ1) is 29.1. The molecule has 1 aromatic carbocycles. The molecule has 3 rings (SSSR count). The molecule has 2 saturated carbocycles. The zero-order valence-corrected chi connectivity index (χ0v) is 26.7. The van der Waals surface area contributed by atoms with Gasteiger partial charge in [-0.1, -0.05) is 0 Å². The van der Waals surface area contributed by atoms with Crippen LogP contribution in [0.3, 0.4) is 0 Å². The van der Waals surface area contributed by atoms with Gasteiger partial charge in [0.25, 0.3) is 0 Å². The van der Waals surface area contributed by atoms with Crippen molar-refractivity contribution in [1.82, 2.24) is 0 Å². The van der Waals surface area contributed by atoms with Crippen molar-refractivity contribution in [1.29, 1.82) is 0 Å². The molecule has 2 aliphatic carbocycles. The van der Waals surface area contributed by atoms with E-state index >= 15 is 0 Å². The molecule has 0 heterocycles. The molecule has 0 aromatic heterocycles. The second kappa shape index (κ2) is 15.1. The van der Waals surface area contributed by atoms with Crippen molar-refractivity contribution >= 4 is 46.3 Å². The molecule has 2 aliphatic rings. The van der Waals surface area contributed by atoms with Crippen LogP contribution in [0.4, 0.5) is 0 Å². The standard InChI is InChI=1S/C30H46B.3CH3.Sn/c1-3-5-7-8-12-17-26-23-24-30(25-27(26)18-11-6-4-2)31(28-19-13-9-14-20-28)29-21-15-10-16-22-29;;;;/h3,17-18,23,25,28-29H,1,4-16,19-22H2,2H3;3*1H3;/b26-17+,27-18+;;;;. The first-order chi connectivity index (χ1) is 17.0. The van der Waals surface area contributed by atoms with Crippen LogP contribution >= 0.6 is 0 Å². The van der Waals surface area contributed by atoms with Gasteiger partial charge in [0.15, 0.2) is 0 Å². The van der Waals surface area contributed by atoms with E-state index in [1.807, 2.05) is 9.04 Å². The Morgan fingerprint density at radius 1 is 0.771 bits per heavy atom. The molecule has 0 bridgehead atoms. The van der Waals surface area contributed by atoms with Gasteiger partial charge in [-0.25, -0.2) is 0 Å². The Balaban J connectivity index is 2.11. The normalized spacial score (nSPS) is 19.3. The summed E-state index contributed by atoms with van der Waals surface area (Å²) >= 11 is -2.31. The summed E-state index contributed by atoms with van der Waals surface area (Å²) in [6.07, 6.45) is 30.7. The topological polar surface area (TPSA) is 0 Å². The molecule has 2 fully saturated rings. The van der Waals surface area contributed by atoms with Gasteiger partial charge >= 0.3 is 224 Å². The molecule has 1 aromatic rings. The minimum absolute atomic E-state index is 0.821. The van der Waals surface area contributed by atoms with Crippen LogP contribution < -0.4 is 19.5 Å². The number of rotatable bonds is 12. The van der Waals surface area contributed by atoms with E-state index in [-0.39, 0.29) is 0 Å². The van der Waals surface area contributed by atoms with E-state index in [0.717, 1.165) is 24.8 Å². The maximum absolute atomic E-state index is 3.91. The fourth-order valence-corrected chi connectivity index (χ4v) is 11.8. The van der Waals surface area contributed by atoms with Crippen LogP contribution in [-0.4, -0.2) is 25.1 Å². The molecule has 194 valence electrons. The first-order valence-corrected chi connectivity index (χ1v) is 25.4. The fourth-order valence-electron chi connectivity index (χ4n) is 6.96. The molecule has 0 N–H and O–H groups in total. The van der Waals surface area contributed by atoms with Crippen LogP contribution in [0.5, 0.6) is 0 Å². The quantitative estimate of drug-likeness (QED) is 0.133. The number of hydrogen-bond acceptors (Lipinski definition) is 0. The Morgan fingerprint density at radius 3 is 1.80 bits per heavy atom. The van der Waals surface area contributed by atoms with E-state index in [1.165, 1.54) is 103 Å². The number of unbranched alkanes of at least 4 members (excludes halogenated alkanes) is 5. The van der Waals surface area contributed by atoms with Gasteiger partial charge in [-0.2, -0.15) is 0 Å². The molecule has 0 saturated heterocycles. The van der Waals surface area contributed by atoms with E-state index in [1.54, 1.807) is 10.4 Å². The second-order valence-corrected chi connectivity index (χ2v) is 27.1. The average Bonchev–Trinajstić information content (AvgIpc) is 2.86. The van der Waals surface area contributed by atoms with Crippen LogP contribution in [-0.2, 0) is 0 Å². The van der Waals surface area contributed by atoms with E-state index in [0.29, 0.717) is 0 Å². The van der Waals surface area contributed by atoms with Crippen LogP contribution in [0.2, 0.25) is 26.5 Å². The van der Waals surface area contributed by atoms with Crippen LogP contribution in [0.25, 0.3) is 12.2 Å². The molecular weight excluding hydrogens is 526 g/mol. The van der Waals surface area contributed by atoms with Gasteiger partial charge in [0.05, 0.1) is 0 Å². The van der Waals surface area contributed by atoms with Crippen molar-refractivity contribution in [3.63, 3.8) is 0 Å². The van der Waals surface area contributed by atoms with Crippen LogP contribution in [0, 0.1) is 0 Å². The summed E-state index contributed by atoms with van der Waals surface area (Å²) in [7, 11) is 0. The number of hydrogen-bond donors (Lipinski definition) is 0. The van der Waals surface area contributed by atoms with Gasteiger partial charge in [-0.05, 0) is 0 Å². The summed E-state index contributed by atoms with van der Waals surface area (Å²) in [5.41, 5.74) is 1.83. The summed E-state index contributed by atoms with van der Waals surface area (Å²) in [4.78, 5) is 8.00. The molecule has 0 aliphatic heterocycles. The molecule has 0 atom stereocenters. The van der Waals surface area contributed by atoms with Crippen molar-refractivity contribution in [2.45, 2.75) is 143 Å². The van der Waals surface area contributed by atoms with Crippen molar-refractivity contribution < 1.29 is 0 Å². The molecule has 0 nitrogen and oxygen atoms in total. The van der Waals surface area contributed by atoms with Crippen LogP contribution in [0.1, 0.15) is 116 Å². The predicted octanol–water partition coefficient (Wildman–Crippen LogP) is 8.10. The summed E-state index contributed by atoms with van der Waals surface area (Å²) in [6.45, 7) is 7.05. The molecule has 0 amide bonds. The molecular formula is C33H55BSn. The Morgan fingerprint density at radius 2 is 1.29 bits per heavy atom. The number of benzene rings is 1. The maximum atomic E-state index is 3.91. The van der Waals surface area contributed by atoms with Crippen molar-refractivity contribution in [3.05, 3.63) is 35.2 Å². The predicted molar refractivity (Wildman–Crippen MR) is 165 cm³/mol. The molecule has 0 spiro atoms. The molecule has 35 heavy (non-hydrogen) atoms. The van der Waals surface area contributed by atoms with Crippen LogP contribution in [0.15, 0.2) is 24.8 Å². The third kappa shape index (κ3) is 8.82. The Kier molecular flexibility index (Phi) is 12.6. The summed E-state index contributed by atoms with van der Waals surface area (Å²) in [5.74, 6) is 1.85. The van der Waals surface area contributed by atoms with Gasteiger partial charge in [0.1, 0.15) is 0 Å². The second-order valence-electron chi connectivity index (χ2n) is 12.8. The zero-order chi connectivity index (χ0) is 25.1. The van der Waals surface area contributed by atoms with Gasteiger partial charge in [0.2, 0.25) is 0 Å². The van der Waals surface area contributed by atoms with E-state index < -0.39 is 18.4 Å². The third-order valence-electron chi connectivity index (χ3n) is 8.89. The monoisotopic (exact) mass is 582 g/mol. The van der Waals surface area contributed by atoms with Gasteiger partial charge in [0, 0.05) is 0 Å². The SMILES string of the molecule is C=CCCCC/C=c1\c[c]([Sn]([CH3])([CH3])[CH3])c(B(C2CCCCC2)C2CCCCC2)c\c1=C/CCCC. The molecule has 0 radical (unpaired) electrons. The van der Waals surface area contributed by atoms with Crippen molar-refractivity contribution in [3.8, 4) is 0 Å². The average molecular weight is 581 g/mol. The first-order valence-electron chi connectivity index (χ1n) is 15.4. The third-order valence-corrected chi connectivity index (χ3v) is 14.7. The van der Waals surface area contributed by atoms with Gasteiger partial charge in [-0.15, -0.1) is 0 Å². The number of allylic oxidation sites excluding steroid dienone is 1. The van der Waals surface area contributed by atoms with E-state index in [2.05, 4.69) is 58.7 Å². The summed E-state index contributed by atoms with van der Waals surface area (Å²) in [5, 5.41) is 3.11. The molecule has 2 heteroatoms. The van der Waals surface area contributed by atoms with Crippen molar-refractivity contribution in [2.75, 3.05) is 0 Å². The summed E-state index contributed by atoms with van der Waals surface area (Å²) in [6, 6.07) is 5.49. The van der Waals surface area contributed by atoms with Gasteiger partial charge in [-0.3, -0.25) is 0 Å². The Labute approximate surface area is 223 Å². The Bertz CT molecular complexity index is 863. The van der Waals surface area contributed by atoms with Gasteiger partial charge < -0.3 is 0 Å². The molecule has 0 unspecified atom stereocenters. The van der Waals surface area contributed by atoms with E-state index in [9.17, 15) is 0 Å².